The van der Waals surface area contributed by atoms with Gasteiger partial charge in [-0.3, -0.25) is 9.89 Å². The molecule has 1 aromatic rings. The number of hydrogen-bond donors (Lipinski definition) is 2. The first-order valence-corrected chi connectivity index (χ1v) is 5.21. The van der Waals surface area contributed by atoms with E-state index in [-0.39, 0.29) is 5.91 Å². The van der Waals surface area contributed by atoms with Gasteiger partial charge in [-0.15, -0.1) is 0 Å². The summed E-state index contributed by atoms with van der Waals surface area (Å²) in [6.45, 7) is 1.67. The van der Waals surface area contributed by atoms with Crippen molar-refractivity contribution in [2.45, 2.75) is 6.42 Å². The van der Waals surface area contributed by atoms with Gasteiger partial charge in [0, 0.05) is 13.6 Å². The van der Waals surface area contributed by atoms with Crippen LogP contribution in [-0.4, -0.2) is 60.1 Å². The number of aromatic amines is 1. The number of aromatic nitrogens is 2. The maximum absolute atomic E-state index is 11.9. The van der Waals surface area contributed by atoms with Crippen LogP contribution in [0.1, 0.15) is 16.8 Å². The topological polar surface area (TPSA) is 78.2 Å². The van der Waals surface area contributed by atoms with Crippen LogP contribution in [0.3, 0.4) is 0 Å². The Morgan fingerprint density at radius 2 is 2.12 bits per heavy atom. The summed E-state index contributed by atoms with van der Waals surface area (Å²) in [5, 5.41) is 6.28. The maximum Gasteiger partial charge on any atom is 0.258 e. The van der Waals surface area contributed by atoms with Crippen LogP contribution in [0.15, 0.2) is 6.20 Å². The minimum absolute atomic E-state index is 0.0926. The van der Waals surface area contributed by atoms with Crippen molar-refractivity contribution in [2.75, 3.05) is 40.0 Å². The molecule has 0 aliphatic heterocycles. The minimum atomic E-state index is -0.0926. The van der Waals surface area contributed by atoms with Crippen LogP contribution in [0.5, 0.6) is 0 Å². The average molecular weight is 225 g/mol. The molecule has 0 radical (unpaired) electrons. The van der Waals surface area contributed by atoms with Crippen molar-refractivity contribution in [1.29, 1.82) is 0 Å². The Balaban J connectivity index is 2.46. The molecule has 0 aromatic carbocycles. The Hall–Kier alpha value is -1.56. The van der Waals surface area contributed by atoms with Gasteiger partial charge in [0.2, 0.25) is 0 Å². The van der Waals surface area contributed by atoms with Gasteiger partial charge in [-0.05, 0) is 27.1 Å². The van der Waals surface area contributed by atoms with Crippen molar-refractivity contribution in [3.8, 4) is 0 Å². The lowest BCUT2D eigenvalue weighted by Crippen LogP contribution is -2.30. The van der Waals surface area contributed by atoms with E-state index in [1.807, 2.05) is 14.1 Å². The molecule has 1 heterocycles. The molecular weight excluding hydrogens is 206 g/mol. The molecule has 6 heteroatoms. The lowest BCUT2D eigenvalue weighted by atomic mass is 10.2. The van der Waals surface area contributed by atoms with E-state index < -0.39 is 0 Å². The Morgan fingerprint density at radius 3 is 2.62 bits per heavy atom. The third kappa shape index (κ3) is 3.23. The van der Waals surface area contributed by atoms with Gasteiger partial charge >= 0.3 is 0 Å². The fourth-order valence-electron chi connectivity index (χ4n) is 1.40. The first-order valence-electron chi connectivity index (χ1n) is 5.21. The summed E-state index contributed by atoms with van der Waals surface area (Å²) in [6, 6.07) is 0. The lowest BCUT2D eigenvalue weighted by molar-refractivity contribution is 0.0792. The second-order valence-electron chi connectivity index (χ2n) is 4.08. The number of carbonyl (C=O) groups is 1. The molecule has 0 aliphatic rings. The second kappa shape index (κ2) is 5.50. The Morgan fingerprint density at radius 1 is 1.44 bits per heavy atom. The van der Waals surface area contributed by atoms with Gasteiger partial charge in [-0.1, -0.05) is 0 Å². The van der Waals surface area contributed by atoms with Crippen LogP contribution < -0.4 is 5.73 Å². The second-order valence-corrected chi connectivity index (χ2v) is 4.08. The summed E-state index contributed by atoms with van der Waals surface area (Å²) in [5.74, 6) is 0.231. The minimum Gasteiger partial charge on any atom is -0.383 e. The summed E-state index contributed by atoms with van der Waals surface area (Å²) in [5.41, 5.74) is 6.02. The summed E-state index contributed by atoms with van der Waals surface area (Å²) < 4.78 is 0. The van der Waals surface area contributed by atoms with Crippen molar-refractivity contribution < 1.29 is 4.79 Å². The van der Waals surface area contributed by atoms with Gasteiger partial charge in [0.1, 0.15) is 11.4 Å². The van der Waals surface area contributed by atoms with E-state index in [0.29, 0.717) is 17.9 Å². The highest BCUT2D eigenvalue weighted by molar-refractivity contribution is 5.97. The zero-order valence-corrected chi connectivity index (χ0v) is 10.0. The van der Waals surface area contributed by atoms with Crippen LogP contribution in [0.2, 0.25) is 0 Å². The first-order chi connectivity index (χ1) is 7.52. The smallest absolute Gasteiger partial charge is 0.258 e. The van der Waals surface area contributed by atoms with Crippen LogP contribution >= 0.6 is 0 Å². The standard InChI is InChI=1S/C10H19N5O/c1-14(2)5-4-6-15(3)10(16)8-7-12-13-9(8)11/h7H,4-6H2,1-3H3,(H3,11,12,13). The zero-order chi connectivity index (χ0) is 12.1. The van der Waals surface area contributed by atoms with Crippen LogP contribution in [-0.2, 0) is 0 Å². The van der Waals surface area contributed by atoms with Crippen LogP contribution in [0, 0.1) is 0 Å². The largest absolute Gasteiger partial charge is 0.383 e. The molecule has 90 valence electrons. The summed E-state index contributed by atoms with van der Waals surface area (Å²) in [6.07, 6.45) is 2.40. The van der Waals surface area contributed by atoms with Gasteiger partial charge in [0.15, 0.2) is 0 Å². The molecule has 0 bridgehead atoms. The summed E-state index contributed by atoms with van der Waals surface area (Å²) >= 11 is 0. The van der Waals surface area contributed by atoms with E-state index in [1.54, 1.807) is 11.9 Å². The molecule has 0 fully saturated rings. The van der Waals surface area contributed by atoms with Crippen LogP contribution in [0.4, 0.5) is 5.82 Å². The van der Waals surface area contributed by atoms with Gasteiger partial charge in [-0.2, -0.15) is 5.10 Å². The van der Waals surface area contributed by atoms with E-state index in [9.17, 15) is 4.79 Å². The third-order valence-electron chi connectivity index (χ3n) is 2.34. The van der Waals surface area contributed by atoms with E-state index in [4.69, 9.17) is 5.73 Å². The molecule has 0 saturated carbocycles. The predicted octanol–water partition coefficient (Wildman–Crippen LogP) is 0.0156. The number of nitrogen functional groups attached to an aromatic ring is 1. The molecule has 1 rings (SSSR count). The van der Waals surface area contributed by atoms with Crippen molar-refractivity contribution in [3.05, 3.63) is 11.8 Å². The highest BCUT2D eigenvalue weighted by atomic mass is 16.2. The molecule has 0 aliphatic carbocycles. The molecule has 1 aromatic heterocycles. The summed E-state index contributed by atoms with van der Waals surface area (Å²) in [7, 11) is 5.79. The predicted molar refractivity (Wildman–Crippen MR) is 63.1 cm³/mol. The van der Waals surface area contributed by atoms with Gasteiger partial charge in [-0.25, -0.2) is 0 Å². The molecule has 0 unspecified atom stereocenters. The fourth-order valence-corrected chi connectivity index (χ4v) is 1.40. The lowest BCUT2D eigenvalue weighted by Gasteiger charge is -2.18. The van der Waals surface area contributed by atoms with Crippen molar-refractivity contribution in [2.24, 2.45) is 0 Å². The highest BCUT2D eigenvalue weighted by Crippen LogP contribution is 2.09. The van der Waals surface area contributed by atoms with E-state index in [2.05, 4.69) is 15.1 Å². The number of H-pyrrole nitrogens is 1. The Kier molecular flexibility index (Phi) is 4.30. The average Bonchev–Trinajstić information content (AvgIpc) is 2.62. The van der Waals surface area contributed by atoms with Gasteiger partial charge < -0.3 is 15.5 Å². The Labute approximate surface area is 95.4 Å². The number of hydrogen-bond acceptors (Lipinski definition) is 4. The van der Waals surface area contributed by atoms with Crippen molar-refractivity contribution in [1.82, 2.24) is 20.0 Å². The number of rotatable bonds is 5. The molecule has 0 spiro atoms. The molecular formula is C10H19N5O. The number of anilines is 1. The normalized spacial score (nSPS) is 10.8. The summed E-state index contributed by atoms with van der Waals surface area (Å²) in [4.78, 5) is 15.6. The van der Waals surface area contributed by atoms with E-state index >= 15 is 0 Å². The number of amides is 1. The van der Waals surface area contributed by atoms with Crippen LogP contribution in [0.25, 0.3) is 0 Å². The Bertz CT molecular complexity index is 347. The van der Waals surface area contributed by atoms with Crippen molar-refractivity contribution in [3.63, 3.8) is 0 Å². The monoisotopic (exact) mass is 225 g/mol. The molecule has 0 atom stereocenters. The van der Waals surface area contributed by atoms with E-state index in [1.165, 1.54) is 6.20 Å². The quantitative estimate of drug-likeness (QED) is 0.740. The highest BCUT2D eigenvalue weighted by Gasteiger charge is 2.15. The van der Waals surface area contributed by atoms with Crippen molar-refractivity contribution >= 4 is 11.7 Å². The van der Waals surface area contributed by atoms with Gasteiger partial charge in [0.05, 0.1) is 6.20 Å². The van der Waals surface area contributed by atoms with E-state index in [0.717, 1.165) is 13.0 Å². The molecule has 0 saturated heterocycles. The number of nitrogens with one attached hydrogen (secondary N) is 1. The molecule has 3 N–H and O–H groups in total. The maximum atomic E-state index is 11.9. The number of carbonyl (C=O) groups excluding carboxylic acids is 1. The first kappa shape index (κ1) is 12.5. The SMILES string of the molecule is CN(C)CCCN(C)C(=O)c1cn[nH]c1N. The number of nitrogens with zero attached hydrogens (tertiary/aromatic N) is 3. The fraction of sp³-hybridized carbons (Fsp3) is 0.600. The third-order valence-corrected chi connectivity index (χ3v) is 2.34. The zero-order valence-electron chi connectivity index (χ0n) is 10.0. The molecule has 1 amide bonds. The molecule has 6 nitrogen and oxygen atoms in total. The van der Waals surface area contributed by atoms with Gasteiger partial charge in [0.25, 0.3) is 5.91 Å². The molecule has 16 heavy (non-hydrogen) atoms. The number of nitrogens with two attached hydrogens (primary N) is 1.